The molecule has 0 radical (unpaired) electrons. The molecule has 0 spiro atoms. The van der Waals surface area contributed by atoms with Crippen LogP contribution in [0.1, 0.15) is 32.4 Å². The van der Waals surface area contributed by atoms with Crippen molar-refractivity contribution in [2.45, 2.75) is 50.7 Å². The lowest BCUT2D eigenvalue weighted by molar-refractivity contribution is -0.0353. The topological polar surface area (TPSA) is 105 Å². The van der Waals surface area contributed by atoms with Gasteiger partial charge in [0.15, 0.2) is 23.2 Å². The van der Waals surface area contributed by atoms with Crippen molar-refractivity contribution in [3.8, 4) is 0 Å². The molecule has 9 heteroatoms. The molecule has 1 fully saturated rings. The van der Waals surface area contributed by atoms with E-state index in [4.69, 9.17) is 4.74 Å². The molecular formula is C18H30N5O3P. The lowest BCUT2D eigenvalue weighted by Crippen LogP contribution is -2.31. The highest BCUT2D eigenvalue weighted by Gasteiger charge is 2.44. The summed E-state index contributed by atoms with van der Waals surface area (Å²) in [6.07, 6.45) is 7.82. The van der Waals surface area contributed by atoms with E-state index in [0.717, 1.165) is 25.5 Å². The fraction of sp³-hybridized carbons (Fsp3) is 0.667. The van der Waals surface area contributed by atoms with Crippen molar-refractivity contribution in [2.24, 2.45) is 0 Å². The fourth-order valence-corrected chi connectivity index (χ4v) is 4.18. The van der Waals surface area contributed by atoms with E-state index < -0.39 is 31.4 Å². The third-order valence-corrected chi connectivity index (χ3v) is 6.28. The number of nitrogens with zero attached hydrogens (tertiary/aromatic N) is 4. The van der Waals surface area contributed by atoms with Gasteiger partial charge in [-0.15, -0.1) is 13.2 Å². The standard InChI is InChI=1S/C18H30N5O3P/c1-5-6-8-19-16-13-17(21-10-20-16)23(11-22-13)18-15(25)14(24)12(26-18)7-9-27(2,3)4/h10-12,14-15,18,24-25H,2,5-9H2,1,3-4H3,(H,19,20,21)/t12-,14-,15-,18-/m1/s1. The van der Waals surface area contributed by atoms with Crippen molar-refractivity contribution < 1.29 is 14.9 Å². The molecule has 0 saturated carbocycles. The maximum absolute atomic E-state index is 10.5. The highest BCUT2D eigenvalue weighted by atomic mass is 31.2. The summed E-state index contributed by atoms with van der Waals surface area (Å²) in [6, 6.07) is 0. The predicted molar refractivity (Wildman–Crippen MR) is 110 cm³/mol. The van der Waals surface area contributed by atoms with Gasteiger partial charge in [0.05, 0.1) is 12.4 Å². The molecule has 0 aromatic carbocycles. The van der Waals surface area contributed by atoms with Crippen molar-refractivity contribution in [2.75, 3.05) is 31.4 Å². The number of aliphatic hydroxyl groups excluding tert-OH is 2. The number of aliphatic hydroxyl groups is 2. The van der Waals surface area contributed by atoms with Crippen LogP contribution in [0.4, 0.5) is 5.82 Å². The second-order valence-electron chi connectivity index (χ2n) is 7.82. The zero-order valence-electron chi connectivity index (χ0n) is 16.2. The molecular weight excluding hydrogens is 365 g/mol. The second kappa shape index (κ2) is 8.27. The molecule has 2 aromatic heterocycles. The monoisotopic (exact) mass is 395 g/mol. The minimum Gasteiger partial charge on any atom is -0.388 e. The number of imidazole rings is 1. The van der Waals surface area contributed by atoms with E-state index in [1.165, 1.54) is 6.33 Å². The van der Waals surface area contributed by atoms with Gasteiger partial charge in [-0.05, 0) is 32.3 Å². The van der Waals surface area contributed by atoms with Crippen molar-refractivity contribution in [3.05, 3.63) is 12.7 Å². The van der Waals surface area contributed by atoms with Crippen LogP contribution in [0.3, 0.4) is 0 Å². The van der Waals surface area contributed by atoms with Crippen LogP contribution in [0.25, 0.3) is 11.2 Å². The van der Waals surface area contributed by atoms with Crippen molar-refractivity contribution >= 4 is 30.2 Å². The molecule has 1 aliphatic rings. The molecule has 0 amide bonds. The van der Waals surface area contributed by atoms with Crippen LogP contribution in [0.15, 0.2) is 12.7 Å². The molecule has 3 N–H and O–H groups in total. The van der Waals surface area contributed by atoms with E-state index in [1.807, 2.05) is 0 Å². The lowest BCUT2D eigenvalue weighted by atomic mass is 10.1. The van der Waals surface area contributed by atoms with E-state index in [0.29, 0.717) is 23.4 Å². The summed E-state index contributed by atoms with van der Waals surface area (Å²) in [5.74, 6) is 0.667. The fourth-order valence-electron chi connectivity index (χ4n) is 3.23. The van der Waals surface area contributed by atoms with Crippen LogP contribution in [-0.2, 0) is 4.74 Å². The summed E-state index contributed by atoms with van der Waals surface area (Å²) in [5.41, 5.74) is 1.21. The molecule has 150 valence electrons. The normalized spacial score (nSPS) is 26.0. The third kappa shape index (κ3) is 4.51. The average molecular weight is 395 g/mol. The molecule has 27 heavy (non-hydrogen) atoms. The van der Waals surface area contributed by atoms with E-state index >= 15 is 0 Å². The highest BCUT2D eigenvalue weighted by molar-refractivity contribution is 7.72. The first-order chi connectivity index (χ1) is 12.8. The average Bonchev–Trinajstić information content (AvgIpc) is 3.16. The van der Waals surface area contributed by atoms with Gasteiger partial charge >= 0.3 is 0 Å². The minimum atomic E-state index is -1.22. The number of unbranched alkanes of at least 4 members (excludes halogenated alkanes) is 1. The summed E-state index contributed by atoms with van der Waals surface area (Å²) in [6.45, 7) is 6.01. The minimum absolute atomic E-state index is 0.424. The molecule has 3 heterocycles. The quantitative estimate of drug-likeness (QED) is 0.462. The van der Waals surface area contributed by atoms with Crippen LogP contribution in [0.5, 0.6) is 0 Å². The summed E-state index contributed by atoms with van der Waals surface area (Å²) >= 11 is 0. The Labute approximate surface area is 160 Å². The number of nitrogens with one attached hydrogen (secondary N) is 1. The van der Waals surface area contributed by atoms with Crippen LogP contribution in [-0.4, -0.2) is 80.4 Å². The molecule has 2 aromatic rings. The SMILES string of the molecule is C=P(C)(C)CC[C@H]1O[C@@H](n2cnc3c(NCCCC)ncnc32)[C@H](O)[C@@H]1O. The van der Waals surface area contributed by atoms with Crippen LogP contribution in [0, 0.1) is 0 Å². The molecule has 8 nitrogen and oxygen atoms in total. The van der Waals surface area contributed by atoms with Crippen molar-refractivity contribution in [1.82, 2.24) is 19.5 Å². The maximum Gasteiger partial charge on any atom is 0.167 e. The van der Waals surface area contributed by atoms with Gasteiger partial charge in [0, 0.05) is 6.54 Å². The van der Waals surface area contributed by atoms with Gasteiger partial charge in [0.1, 0.15) is 18.5 Å². The number of hydrogen-bond donors (Lipinski definition) is 3. The summed E-state index contributed by atoms with van der Waals surface area (Å²) < 4.78 is 7.69. The smallest absolute Gasteiger partial charge is 0.167 e. The van der Waals surface area contributed by atoms with Gasteiger partial charge in [0.2, 0.25) is 0 Å². The zero-order valence-corrected chi connectivity index (χ0v) is 17.1. The van der Waals surface area contributed by atoms with Crippen LogP contribution in [0.2, 0.25) is 0 Å². The van der Waals surface area contributed by atoms with Crippen LogP contribution >= 0.6 is 6.89 Å². The number of anilines is 1. The number of rotatable bonds is 8. The molecule has 1 saturated heterocycles. The number of hydrogen-bond acceptors (Lipinski definition) is 7. The Kier molecular flexibility index (Phi) is 6.21. The van der Waals surface area contributed by atoms with Crippen molar-refractivity contribution in [1.29, 1.82) is 0 Å². The van der Waals surface area contributed by atoms with Gasteiger partial charge in [-0.1, -0.05) is 13.3 Å². The summed E-state index contributed by atoms with van der Waals surface area (Å²) in [4.78, 5) is 13.0. The number of ether oxygens (including phenoxy) is 1. The Morgan fingerprint density at radius 2 is 2.04 bits per heavy atom. The Morgan fingerprint density at radius 3 is 2.74 bits per heavy atom. The number of aromatic nitrogens is 4. The Hall–Kier alpha value is -1.47. The van der Waals surface area contributed by atoms with Crippen molar-refractivity contribution in [3.63, 3.8) is 0 Å². The Morgan fingerprint density at radius 1 is 1.26 bits per heavy atom. The van der Waals surface area contributed by atoms with Gasteiger partial charge in [-0.2, -0.15) is 0 Å². The Balaban J connectivity index is 1.80. The molecule has 0 aliphatic carbocycles. The second-order valence-corrected chi connectivity index (χ2v) is 12.1. The van der Waals surface area contributed by atoms with Gasteiger partial charge in [-0.3, -0.25) is 4.57 Å². The highest BCUT2D eigenvalue weighted by Crippen LogP contribution is 2.40. The van der Waals surface area contributed by atoms with Gasteiger partial charge in [-0.25, -0.2) is 15.0 Å². The number of fused-ring (bicyclic) bond motifs is 1. The first kappa shape index (κ1) is 20.3. The summed E-state index contributed by atoms with van der Waals surface area (Å²) in [5, 5.41) is 24.2. The zero-order chi connectivity index (χ0) is 19.6. The van der Waals surface area contributed by atoms with E-state index in [-0.39, 0.29) is 0 Å². The summed E-state index contributed by atoms with van der Waals surface area (Å²) in [7, 11) is 0. The lowest BCUT2D eigenvalue weighted by Gasteiger charge is -2.18. The molecule has 0 unspecified atom stereocenters. The van der Waals surface area contributed by atoms with Gasteiger partial charge in [0.25, 0.3) is 0 Å². The maximum atomic E-state index is 10.5. The molecule has 3 rings (SSSR count). The predicted octanol–water partition coefficient (Wildman–Crippen LogP) is 1.76. The molecule has 1 aliphatic heterocycles. The largest absolute Gasteiger partial charge is 0.388 e. The van der Waals surface area contributed by atoms with E-state index in [2.05, 4.69) is 46.8 Å². The third-order valence-electron chi connectivity index (χ3n) is 4.81. The van der Waals surface area contributed by atoms with E-state index in [9.17, 15) is 10.2 Å². The van der Waals surface area contributed by atoms with E-state index in [1.54, 1.807) is 10.9 Å². The van der Waals surface area contributed by atoms with Gasteiger partial charge < -0.3 is 20.3 Å². The molecule has 0 bridgehead atoms. The van der Waals surface area contributed by atoms with Crippen LogP contribution < -0.4 is 5.32 Å². The first-order valence-electron chi connectivity index (χ1n) is 9.42. The Bertz CT molecular complexity index is 820. The molecule has 4 atom stereocenters. The first-order valence-corrected chi connectivity index (χ1v) is 12.5.